The smallest absolute Gasteiger partial charge is 0.294 e. The number of aryl methyl sites for hydroxylation is 1. The molecule has 0 aromatic carbocycles. The molecule has 1 aliphatic rings. The van der Waals surface area contributed by atoms with Gasteiger partial charge in [-0.2, -0.15) is 5.10 Å². The van der Waals surface area contributed by atoms with Crippen molar-refractivity contribution in [1.82, 2.24) is 24.9 Å². The second kappa shape index (κ2) is 5.26. The summed E-state index contributed by atoms with van der Waals surface area (Å²) in [6.45, 7) is 7.54. The molecule has 0 unspecified atom stereocenters. The zero-order valence-corrected chi connectivity index (χ0v) is 11.9. The third-order valence-electron chi connectivity index (χ3n) is 3.12. The maximum atomic E-state index is 5.33. The molecule has 0 amide bonds. The molecule has 2 aromatic rings. The van der Waals surface area contributed by atoms with Crippen molar-refractivity contribution in [3.05, 3.63) is 23.0 Å². The van der Waals surface area contributed by atoms with Crippen LogP contribution in [0.5, 0.6) is 5.19 Å². The molecule has 2 aromatic heterocycles. The predicted molar refractivity (Wildman–Crippen MR) is 72.4 cm³/mol. The van der Waals surface area contributed by atoms with Crippen molar-refractivity contribution in [3.8, 4) is 5.19 Å². The van der Waals surface area contributed by atoms with E-state index in [1.54, 1.807) is 0 Å². The van der Waals surface area contributed by atoms with Crippen molar-refractivity contribution in [3.63, 3.8) is 0 Å². The summed E-state index contributed by atoms with van der Waals surface area (Å²) in [6.07, 6.45) is 4.00. The van der Waals surface area contributed by atoms with E-state index in [1.165, 1.54) is 16.9 Å². The van der Waals surface area contributed by atoms with Crippen molar-refractivity contribution in [2.24, 2.45) is 0 Å². The van der Waals surface area contributed by atoms with Crippen LogP contribution < -0.4 is 4.74 Å². The average Bonchev–Trinajstić information content (AvgIpc) is 2.93. The lowest BCUT2D eigenvalue weighted by atomic mass is 10.1. The van der Waals surface area contributed by atoms with E-state index in [1.807, 2.05) is 13.1 Å². The fraction of sp³-hybridized carbons (Fsp3) is 0.583. The first-order chi connectivity index (χ1) is 9.24. The zero-order valence-electron chi connectivity index (χ0n) is 11.1. The second-order valence-corrected chi connectivity index (χ2v) is 5.76. The van der Waals surface area contributed by atoms with Crippen molar-refractivity contribution in [1.29, 1.82) is 0 Å². The lowest BCUT2D eigenvalue weighted by molar-refractivity contribution is 0.0905. The first-order valence-corrected chi connectivity index (χ1v) is 7.24. The summed E-state index contributed by atoms with van der Waals surface area (Å²) in [5, 5.41) is 14.2. The number of likely N-dealkylation sites (tertiary alicyclic amines) is 1. The van der Waals surface area contributed by atoms with Crippen molar-refractivity contribution in [2.45, 2.75) is 26.4 Å². The molecule has 0 atom stereocenters. The lowest BCUT2D eigenvalue weighted by Gasteiger charge is -2.38. The summed E-state index contributed by atoms with van der Waals surface area (Å²) < 4.78 is 7.38. The Morgan fingerprint density at radius 1 is 1.42 bits per heavy atom. The van der Waals surface area contributed by atoms with Crippen LogP contribution in [0.4, 0.5) is 0 Å². The minimum atomic E-state index is 0.494. The van der Waals surface area contributed by atoms with Crippen LogP contribution in [0.15, 0.2) is 12.4 Å². The molecular weight excluding hydrogens is 262 g/mol. The van der Waals surface area contributed by atoms with Crippen molar-refractivity contribution in [2.75, 3.05) is 19.7 Å². The average molecular weight is 279 g/mol. The van der Waals surface area contributed by atoms with Gasteiger partial charge in [0.2, 0.25) is 0 Å². The Morgan fingerprint density at radius 3 is 2.95 bits per heavy atom. The molecule has 1 saturated heterocycles. The number of nitrogens with zero attached hydrogens (tertiary/aromatic N) is 5. The Morgan fingerprint density at radius 2 is 2.26 bits per heavy atom. The zero-order chi connectivity index (χ0) is 13.2. The minimum Gasteiger partial charge on any atom is -0.469 e. The Balaban J connectivity index is 1.50. The summed E-state index contributed by atoms with van der Waals surface area (Å²) in [5.74, 6) is 0. The first kappa shape index (κ1) is 12.6. The van der Waals surface area contributed by atoms with Gasteiger partial charge in [-0.25, -0.2) is 0 Å². The highest BCUT2D eigenvalue weighted by atomic mass is 32.1. The molecular formula is C12H17N5OS. The number of ether oxygens (including phenoxy) is 1. The molecule has 3 rings (SSSR count). The van der Waals surface area contributed by atoms with Gasteiger partial charge in [0.05, 0.1) is 25.4 Å². The van der Waals surface area contributed by atoms with Gasteiger partial charge in [-0.1, -0.05) is 11.3 Å². The molecule has 0 aliphatic carbocycles. The van der Waals surface area contributed by atoms with Gasteiger partial charge >= 0.3 is 0 Å². The predicted octanol–water partition coefficient (Wildman–Crippen LogP) is 1.50. The van der Waals surface area contributed by atoms with Crippen LogP contribution in [0.1, 0.15) is 23.5 Å². The highest BCUT2D eigenvalue weighted by molar-refractivity contribution is 7.13. The van der Waals surface area contributed by atoms with Crippen LogP contribution in [0, 0.1) is 6.92 Å². The topological polar surface area (TPSA) is 56.1 Å². The van der Waals surface area contributed by atoms with E-state index in [2.05, 4.69) is 38.0 Å². The maximum Gasteiger partial charge on any atom is 0.294 e. The molecule has 0 radical (unpaired) electrons. The Bertz CT molecular complexity index is 546. The molecule has 6 nitrogen and oxygen atoms in total. The quantitative estimate of drug-likeness (QED) is 0.830. The Hall–Kier alpha value is -1.47. The van der Waals surface area contributed by atoms with Gasteiger partial charge in [0.1, 0.15) is 5.01 Å². The first-order valence-electron chi connectivity index (χ1n) is 6.43. The summed E-state index contributed by atoms with van der Waals surface area (Å²) in [6, 6.07) is 0.494. The van der Waals surface area contributed by atoms with E-state index in [9.17, 15) is 0 Å². The van der Waals surface area contributed by atoms with E-state index < -0.39 is 0 Å². The molecule has 1 aliphatic heterocycles. The van der Waals surface area contributed by atoms with Crippen LogP contribution in [-0.4, -0.2) is 44.6 Å². The standard InChI is InChI=1S/C12H17N5OS/c1-3-18-12-15-14-11(19-12)8-16-6-10(7-16)17-5-9(2)4-13-17/h4-5,10H,3,6-8H2,1-2H3. The van der Waals surface area contributed by atoms with Gasteiger partial charge in [-0.3, -0.25) is 9.58 Å². The molecule has 0 saturated carbocycles. The minimum absolute atomic E-state index is 0.494. The fourth-order valence-corrected chi connectivity index (χ4v) is 2.94. The highest BCUT2D eigenvalue weighted by Gasteiger charge is 2.29. The van der Waals surface area contributed by atoms with Gasteiger partial charge in [0.25, 0.3) is 5.19 Å². The fourth-order valence-electron chi connectivity index (χ4n) is 2.15. The molecule has 19 heavy (non-hydrogen) atoms. The molecule has 3 heterocycles. The van der Waals surface area contributed by atoms with Gasteiger partial charge in [-0.05, 0) is 19.4 Å². The summed E-state index contributed by atoms with van der Waals surface area (Å²) >= 11 is 1.53. The molecule has 1 fully saturated rings. The summed E-state index contributed by atoms with van der Waals surface area (Å²) in [7, 11) is 0. The molecule has 102 valence electrons. The van der Waals surface area contributed by atoms with Crippen molar-refractivity contribution >= 4 is 11.3 Å². The highest BCUT2D eigenvalue weighted by Crippen LogP contribution is 2.25. The summed E-state index contributed by atoms with van der Waals surface area (Å²) in [5.41, 5.74) is 1.21. The van der Waals surface area contributed by atoms with Gasteiger partial charge in [0.15, 0.2) is 0 Å². The van der Waals surface area contributed by atoms with E-state index in [-0.39, 0.29) is 0 Å². The number of aromatic nitrogens is 4. The Labute approximate surface area is 116 Å². The summed E-state index contributed by atoms with van der Waals surface area (Å²) in [4.78, 5) is 2.35. The van der Waals surface area contributed by atoms with E-state index in [0.29, 0.717) is 17.8 Å². The number of hydrogen-bond donors (Lipinski definition) is 0. The van der Waals surface area contributed by atoms with Gasteiger partial charge in [-0.15, -0.1) is 10.2 Å². The third kappa shape index (κ3) is 2.76. The van der Waals surface area contributed by atoms with Gasteiger partial charge < -0.3 is 4.74 Å². The van der Waals surface area contributed by atoms with E-state index >= 15 is 0 Å². The number of rotatable bonds is 5. The van der Waals surface area contributed by atoms with Gasteiger partial charge in [0, 0.05) is 19.3 Å². The maximum absolute atomic E-state index is 5.33. The normalized spacial score (nSPS) is 16.5. The molecule has 0 spiro atoms. The second-order valence-electron chi connectivity index (χ2n) is 4.74. The molecule has 0 N–H and O–H groups in total. The van der Waals surface area contributed by atoms with E-state index in [4.69, 9.17) is 4.74 Å². The largest absolute Gasteiger partial charge is 0.469 e. The monoisotopic (exact) mass is 279 g/mol. The lowest BCUT2D eigenvalue weighted by Crippen LogP contribution is -2.47. The molecule has 0 bridgehead atoms. The van der Waals surface area contributed by atoms with Crippen LogP contribution in [0.25, 0.3) is 0 Å². The van der Waals surface area contributed by atoms with Crippen molar-refractivity contribution < 1.29 is 4.74 Å². The SMILES string of the molecule is CCOc1nnc(CN2CC(n3cc(C)cn3)C2)s1. The van der Waals surface area contributed by atoms with Crippen LogP contribution in [-0.2, 0) is 6.54 Å². The van der Waals surface area contributed by atoms with E-state index in [0.717, 1.165) is 24.6 Å². The Kier molecular flexibility index (Phi) is 3.48. The third-order valence-corrected chi connectivity index (χ3v) is 3.94. The van der Waals surface area contributed by atoms with Crippen LogP contribution in [0.2, 0.25) is 0 Å². The molecule has 7 heteroatoms. The number of hydrogen-bond acceptors (Lipinski definition) is 6. The van der Waals surface area contributed by atoms with Crippen LogP contribution >= 0.6 is 11.3 Å². The van der Waals surface area contributed by atoms with Crippen LogP contribution in [0.3, 0.4) is 0 Å².